The number of nitrogens with two attached hydrogens (primary N) is 2. The highest BCUT2D eigenvalue weighted by Gasteiger charge is 2.13. The Kier molecular flexibility index (Phi) is 4.95. The van der Waals surface area contributed by atoms with Crippen molar-refractivity contribution < 1.29 is 4.79 Å². The van der Waals surface area contributed by atoms with E-state index in [9.17, 15) is 4.79 Å². The maximum Gasteiger partial charge on any atom is 0.231 e. The molecule has 0 aromatic heterocycles. The maximum atomic E-state index is 10.8. The molecule has 0 aliphatic carbocycles. The molecule has 16 heavy (non-hydrogen) atoms. The minimum atomic E-state index is -0.314. The van der Waals surface area contributed by atoms with E-state index in [-0.39, 0.29) is 18.4 Å². The first-order chi connectivity index (χ1) is 7.63. The van der Waals surface area contributed by atoms with Crippen LogP contribution in [0.4, 0.5) is 0 Å². The van der Waals surface area contributed by atoms with Gasteiger partial charge in [0, 0.05) is 19.0 Å². The molecule has 0 spiro atoms. The monoisotopic (exact) mass is 221 g/mol. The zero-order valence-corrected chi connectivity index (χ0v) is 9.60. The van der Waals surface area contributed by atoms with E-state index in [1.54, 1.807) is 0 Å². The highest BCUT2D eigenvalue weighted by molar-refractivity contribution is 5.75. The van der Waals surface area contributed by atoms with Gasteiger partial charge in [0.25, 0.3) is 0 Å². The van der Waals surface area contributed by atoms with Gasteiger partial charge in [-0.05, 0) is 12.6 Å². The van der Waals surface area contributed by atoms with Crippen molar-refractivity contribution in [3.63, 3.8) is 0 Å². The van der Waals surface area contributed by atoms with Gasteiger partial charge in [-0.15, -0.1) is 0 Å². The zero-order valence-electron chi connectivity index (χ0n) is 9.60. The normalized spacial score (nSPS) is 12.7. The first-order valence-corrected chi connectivity index (χ1v) is 5.35. The van der Waals surface area contributed by atoms with Gasteiger partial charge in [-0.2, -0.15) is 0 Å². The van der Waals surface area contributed by atoms with Crippen molar-refractivity contribution in [3.8, 4) is 0 Å². The second-order valence-corrected chi connectivity index (χ2v) is 4.01. The summed E-state index contributed by atoms with van der Waals surface area (Å²) < 4.78 is 0. The summed E-state index contributed by atoms with van der Waals surface area (Å²) >= 11 is 0. The summed E-state index contributed by atoms with van der Waals surface area (Å²) in [5.41, 5.74) is 12.1. The van der Waals surface area contributed by atoms with Gasteiger partial charge < -0.3 is 11.5 Å². The van der Waals surface area contributed by atoms with Gasteiger partial charge in [-0.3, -0.25) is 9.69 Å². The summed E-state index contributed by atoms with van der Waals surface area (Å²) in [5.74, 6) is -0.0723. The van der Waals surface area contributed by atoms with Gasteiger partial charge in [-0.1, -0.05) is 30.3 Å². The lowest BCUT2D eigenvalue weighted by Gasteiger charge is -2.22. The molecule has 1 unspecified atom stereocenters. The van der Waals surface area contributed by atoms with E-state index in [0.717, 1.165) is 6.54 Å². The molecule has 0 saturated heterocycles. The van der Waals surface area contributed by atoms with Gasteiger partial charge in [0.15, 0.2) is 0 Å². The van der Waals surface area contributed by atoms with Crippen LogP contribution in [0, 0.1) is 0 Å². The second-order valence-electron chi connectivity index (χ2n) is 4.01. The van der Waals surface area contributed by atoms with Crippen LogP contribution in [0.3, 0.4) is 0 Å². The Labute approximate surface area is 96.2 Å². The minimum absolute atomic E-state index is 0.241. The summed E-state index contributed by atoms with van der Waals surface area (Å²) in [4.78, 5) is 12.7. The lowest BCUT2D eigenvalue weighted by molar-refractivity contribution is -0.118. The molecule has 0 bridgehead atoms. The third-order valence-corrected chi connectivity index (χ3v) is 2.51. The summed E-state index contributed by atoms with van der Waals surface area (Å²) in [6.45, 7) is 1.57. The largest absolute Gasteiger partial charge is 0.369 e. The molecule has 0 saturated carbocycles. The number of nitrogens with zero attached hydrogens (tertiary/aromatic N) is 1. The van der Waals surface area contributed by atoms with Crippen molar-refractivity contribution >= 4 is 5.91 Å². The van der Waals surface area contributed by atoms with Crippen molar-refractivity contribution in [1.82, 2.24) is 4.90 Å². The van der Waals surface area contributed by atoms with Crippen LogP contribution < -0.4 is 11.5 Å². The maximum absolute atomic E-state index is 10.8. The van der Waals surface area contributed by atoms with Crippen LogP contribution in [-0.2, 0) is 4.79 Å². The fourth-order valence-corrected chi connectivity index (χ4v) is 1.75. The predicted octanol–water partition coefficient (Wildman–Crippen LogP) is 0.146. The molecule has 0 fully saturated rings. The fraction of sp³-hybridized carbons (Fsp3) is 0.417. The number of benzene rings is 1. The first-order valence-electron chi connectivity index (χ1n) is 5.35. The smallest absolute Gasteiger partial charge is 0.231 e. The van der Waals surface area contributed by atoms with Crippen LogP contribution in [0.1, 0.15) is 11.5 Å². The molecule has 1 aromatic carbocycles. The number of likely N-dealkylation sites (N-methyl/N-ethyl adjacent to an activating group) is 1. The van der Waals surface area contributed by atoms with Crippen molar-refractivity contribution in [2.75, 3.05) is 26.7 Å². The molecule has 4 heteroatoms. The van der Waals surface area contributed by atoms with Gasteiger partial charge in [0.2, 0.25) is 5.91 Å². The first kappa shape index (κ1) is 12.7. The molecule has 0 aliphatic heterocycles. The lowest BCUT2D eigenvalue weighted by atomic mass is 9.99. The Morgan fingerprint density at radius 2 is 2.00 bits per heavy atom. The van der Waals surface area contributed by atoms with Crippen molar-refractivity contribution in [1.29, 1.82) is 0 Å². The molecular formula is C12H19N3O. The molecule has 1 amide bonds. The van der Waals surface area contributed by atoms with Crippen molar-refractivity contribution in [3.05, 3.63) is 35.9 Å². The second kappa shape index (κ2) is 6.25. The van der Waals surface area contributed by atoms with E-state index >= 15 is 0 Å². The van der Waals surface area contributed by atoms with Gasteiger partial charge in [0.1, 0.15) is 0 Å². The molecule has 0 aliphatic rings. The molecular weight excluding hydrogens is 202 g/mol. The summed E-state index contributed by atoms with van der Waals surface area (Å²) in [6, 6.07) is 10.1. The van der Waals surface area contributed by atoms with Gasteiger partial charge in [-0.25, -0.2) is 0 Å². The lowest BCUT2D eigenvalue weighted by Crippen LogP contribution is -2.35. The summed E-state index contributed by atoms with van der Waals surface area (Å²) in [7, 11) is 1.87. The molecule has 0 radical (unpaired) electrons. The number of hydrogen-bond acceptors (Lipinski definition) is 3. The molecule has 0 heterocycles. The topological polar surface area (TPSA) is 72.3 Å². The standard InChI is InChI=1S/C12H19N3O/c1-15(9-12(14)16)8-11(7-13)10-5-3-2-4-6-10/h2-6,11H,7-9,13H2,1H3,(H2,14,16). The Balaban J connectivity index is 2.59. The van der Waals surface area contributed by atoms with Gasteiger partial charge in [0.05, 0.1) is 6.54 Å². The average molecular weight is 221 g/mol. The number of amides is 1. The van der Waals surface area contributed by atoms with Gasteiger partial charge >= 0.3 is 0 Å². The van der Waals surface area contributed by atoms with Crippen molar-refractivity contribution in [2.24, 2.45) is 11.5 Å². The predicted molar refractivity (Wildman–Crippen MR) is 64.9 cm³/mol. The third kappa shape index (κ3) is 4.00. The van der Waals surface area contributed by atoms with E-state index < -0.39 is 0 Å². The highest BCUT2D eigenvalue weighted by Crippen LogP contribution is 2.14. The molecule has 1 atom stereocenters. The Hall–Kier alpha value is -1.39. The molecule has 1 rings (SSSR count). The minimum Gasteiger partial charge on any atom is -0.369 e. The number of hydrogen-bond donors (Lipinski definition) is 2. The van der Waals surface area contributed by atoms with E-state index in [2.05, 4.69) is 12.1 Å². The number of carbonyl (C=O) groups is 1. The fourth-order valence-electron chi connectivity index (χ4n) is 1.75. The van der Waals surface area contributed by atoms with Crippen LogP contribution in [-0.4, -0.2) is 37.5 Å². The Bertz CT molecular complexity index is 326. The molecule has 1 aromatic rings. The number of rotatable bonds is 6. The number of primary amides is 1. The molecule has 4 nitrogen and oxygen atoms in total. The molecule has 88 valence electrons. The van der Waals surface area contributed by atoms with Crippen LogP contribution in [0.2, 0.25) is 0 Å². The summed E-state index contributed by atoms with van der Waals surface area (Å²) in [6.07, 6.45) is 0. The van der Waals surface area contributed by atoms with E-state index in [1.165, 1.54) is 5.56 Å². The van der Waals surface area contributed by atoms with Crippen LogP contribution >= 0.6 is 0 Å². The SMILES string of the molecule is CN(CC(N)=O)CC(CN)c1ccccc1. The summed E-state index contributed by atoms with van der Waals surface area (Å²) in [5, 5.41) is 0. The average Bonchev–Trinajstić information content (AvgIpc) is 2.26. The van der Waals surface area contributed by atoms with Crippen LogP contribution in [0.25, 0.3) is 0 Å². The van der Waals surface area contributed by atoms with Crippen LogP contribution in [0.15, 0.2) is 30.3 Å². The highest BCUT2D eigenvalue weighted by atomic mass is 16.1. The van der Waals surface area contributed by atoms with E-state index in [0.29, 0.717) is 6.54 Å². The van der Waals surface area contributed by atoms with E-state index in [4.69, 9.17) is 11.5 Å². The Morgan fingerprint density at radius 1 is 1.38 bits per heavy atom. The zero-order chi connectivity index (χ0) is 12.0. The Morgan fingerprint density at radius 3 is 2.50 bits per heavy atom. The van der Waals surface area contributed by atoms with E-state index in [1.807, 2.05) is 30.1 Å². The van der Waals surface area contributed by atoms with Crippen molar-refractivity contribution in [2.45, 2.75) is 5.92 Å². The van der Waals surface area contributed by atoms with Crippen LogP contribution in [0.5, 0.6) is 0 Å². The quantitative estimate of drug-likeness (QED) is 0.718. The number of carbonyl (C=O) groups excluding carboxylic acids is 1. The third-order valence-electron chi connectivity index (χ3n) is 2.51. The molecule has 4 N–H and O–H groups in total.